The molecule has 0 aliphatic carbocycles. The van der Waals surface area contributed by atoms with E-state index >= 15 is 0 Å². The van der Waals surface area contributed by atoms with Gasteiger partial charge in [-0.25, -0.2) is 0 Å². The van der Waals surface area contributed by atoms with Crippen LogP contribution in [0, 0.1) is 23.2 Å². The number of hydrogen-bond acceptors (Lipinski definition) is 3. The van der Waals surface area contributed by atoms with E-state index < -0.39 is 0 Å². The third-order valence-electron chi connectivity index (χ3n) is 4.19. The number of rotatable bonds is 4. The fraction of sp³-hybridized carbons (Fsp3) is 0.857. The number of nitrogens with zero attached hydrogens (tertiary/aromatic N) is 2. The summed E-state index contributed by atoms with van der Waals surface area (Å²) in [5.41, 5.74) is 0. The highest BCUT2D eigenvalue weighted by molar-refractivity contribution is 7.80. The second-order valence-corrected chi connectivity index (χ2v) is 5.48. The number of piperidine rings is 1. The van der Waals surface area contributed by atoms with E-state index in [1.165, 1.54) is 4.86 Å². The van der Waals surface area contributed by atoms with Gasteiger partial charge in [0.25, 0.3) is 0 Å². The number of likely N-dealkylation sites (tertiary alicyclic amines) is 1. The van der Waals surface area contributed by atoms with E-state index in [0.717, 1.165) is 25.8 Å². The Labute approximate surface area is 111 Å². The smallest absolute Gasteiger partial charge is 0.0980 e. The molecule has 4 unspecified atom stereocenters. The summed E-state index contributed by atoms with van der Waals surface area (Å²) >= 11 is 5.63. The molecule has 0 aromatic carbocycles. The minimum absolute atomic E-state index is 0.0230. The summed E-state index contributed by atoms with van der Waals surface area (Å²) in [6.45, 7) is 9.73. The average molecular weight is 252 g/mol. The van der Waals surface area contributed by atoms with Crippen LogP contribution in [0.25, 0.3) is 0 Å². The lowest BCUT2D eigenvalue weighted by Crippen LogP contribution is -2.55. The third kappa shape index (κ3) is 2.86. The molecule has 1 rings (SSSR count). The first kappa shape index (κ1) is 14.6. The van der Waals surface area contributed by atoms with Gasteiger partial charge in [-0.15, -0.1) is 0 Å². The number of nitriles is 1. The summed E-state index contributed by atoms with van der Waals surface area (Å²) in [6, 6.07) is 2.72. The minimum Gasteiger partial charge on any atom is -0.280 e. The Morgan fingerprint density at radius 3 is 2.47 bits per heavy atom. The monoisotopic (exact) mass is 252 g/mol. The van der Waals surface area contributed by atoms with Gasteiger partial charge in [-0.05, 0) is 31.6 Å². The molecule has 17 heavy (non-hydrogen) atoms. The van der Waals surface area contributed by atoms with Gasteiger partial charge in [0.05, 0.1) is 12.1 Å². The predicted molar refractivity (Wildman–Crippen MR) is 76.0 cm³/mol. The first-order valence-electron chi connectivity index (χ1n) is 6.79. The van der Waals surface area contributed by atoms with Gasteiger partial charge in [-0.1, -0.05) is 39.4 Å². The molecule has 0 aromatic rings. The van der Waals surface area contributed by atoms with Crippen LogP contribution in [0.1, 0.15) is 47.0 Å². The van der Waals surface area contributed by atoms with Crippen LogP contribution in [-0.4, -0.2) is 28.4 Å². The quantitative estimate of drug-likeness (QED) is 0.717. The van der Waals surface area contributed by atoms with Crippen molar-refractivity contribution in [1.82, 2.24) is 4.90 Å². The average Bonchev–Trinajstić information content (AvgIpc) is 2.35. The third-order valence-corrected chi connectivity index (χ3v) is 4.83. The Balaban J connectivity index is 2.90. The largest absolute Gasteiger partial charge is 0.280 e. The number of thiocarbonyl (C=S) groups is 1. The molecule has 1 aliphatic rings. The standard InChI is InChI=1S/C14H24N2S/c1-5-11-9-16(12(6-2)8-15)10(4)14(17)13(11)7-3/h10-13H,5-7,9H2,1-4H3. The topological polar surface area (TPSA) is 27.0 Å². The fourth-order valence-corrected chi connectivity index (χ4v) is 3.50. The zero-order valence-corrected chi connectivity index (χ0v) is 12.3. The van der Waals surface area contributed by atoms with Crippen LogP contribution in [0.3, 0.4) is 0 Å². The van der Waals surface area contributed by atoms with Gasteiger partial charge in [-0.2, -0.15) is 5.26 Å². The van der Waals surface area contributed by atoms with Crippen LogP contribution >= 0.6 is 12.2 Å². The maximum atomic E-state index is 9.23. The zero-order chi connectivity index (χ0) is 13.0. The van der Waals surface area contributed by atoms with Gasteiger partial charge < -0.3 is 0 Å². The molecule has 0 spiro atoms. The van der Waals surface area contributed by atoms with Crippen molar-refractivity contribution in [3.63, 3.8) is 0 Å². The van der Waals surface area contributed by atoms with Crippen molar-refractivity contribution in [2.75, 3.05) is 6.54 Å². The van der Waals surface area contributed by atoms with Crippen LogP contribution in [0.4, 0.5) is 0 Å². The van der Waals surface area contributed by atoms with Crippen molar-refractivity contribution in [1.29, 1.82) is 5.26 Å². The lowest BCUT2D eigenvalue weighted by Gasteiger charge is -2.45. The van der Waals surface area contributed by atoms with Crippen molar-refractivity contribution in [2.45, 2.75) is 59.0 Å². The molecule has 1 heterocycles. The second kappa shape index (κ2) is 6.47. The summed E-state index contributed by atoms with van der Waals surface area (Å²) in [5.74, 6) is 1.20. The SMILES string of the molecule is CCC1CN(C(C#N)CC)C(C)C(=S)C1CC. The molecular formula is C14H24N2S. The molecule has 0 bridgehead atoms. The van der Waals surface area contributed by atoms with E-state index in [1.54, 1.807) is 0 Å². The fourth-order valence-electron chi connectivity index (χ4n) is 3.01. The maximum Gasteiger partial charge on any atom is 0.0980 e. The van der Waals surface area contributed by atoms with Gasteiger partial charge in [0, 0.05) is 17.5 Å². The first-order valence-corrected chi connectivity index (χ1v) is 7.20. The van der Waals surface area contributed by atoms with Crippen molar-refractivity contribution in [2.24, 2.45) is 11.8 Å². The van der Waals surface area contributed by atoms with E-state index in [0.29, 0.717) is 11.8 Å². The molecule has 1 aliphatic heterocycles. The Kier molecular flexibility index (Phi) is 5.55. The van der Waals surface area contributed by atoms with Gasteiger partial charge >= 0.3 is 0 Å². The predicted octanol–water partition coefficient (Wildman–Crippen LogP) is 3.41. The van der Waals surface area contributed by atoms with Crippen LogP contribution in [-0.2, 0) is 0 Å². The molecule has 4 atom stereocenters. The Hall–Kier alpha value is -0.460. The van der Waals surface area contributed by atoms with Gasteiger partial charge in [0.15, 0.2) is 0 Å². The normalized spacial score (nSPS) is 32.2. The van der Waals surface area contributed by atoms with E-state index in [4.69, 9.17) is 12.2 Å². The van der Waals surface area contributed by atoms with Crippen molar-refractivity contribution in [3.05, 3.63) is 0 Å². The second-order valence-electron chi connectivity index (χ2n) is 5.01. The van der Waals surface area contributed by atoms with Crippen molar-refractivity contribution < 1.29 is 0 Å². The molecule has 0 aromatic heterocycles. The highest BCUT2D eigenvalue weighted by Crippen LogP contribution is 2.32. The van der Waals surface area contributed by atoms with Gasteiger partial charge in [-0.3, -0.25) is 4.90 Å². The molecule has 96 valence electrons. The molecule has 2 nitrogen and oxygen atoms in total. The van der Waals surface area contributed by atoms with Crippen LogP contribution < -0.4 is 0 Å². The Morgan fingerprint density at radius 1 is 1.41 bits per heavy atom. The molecule has 3 heteroatoms. The highest BCUT2D eigenvalue weighted by Gasteiger charge is 2.38. The van der Waals surface area contributed by atoms with Gasteiger partial charge in [0.2, 0.25) is 0 Å². The molecule has 1 fully saturated rings. The molecule has 0 amide bonds. The summed E-state index contributed by atoms with van der Waals surface area (Å²) in [5, 5.41) is 9.23. The summed E-state index contributed by atoms with van der Waals surface area (Å²) < 4.78 is 0. The molecule has 0 saturated carbocycles. The zero-order valence-electron chi connectivity index (χ0n) is 11.4. The number of hydrogen-bond donors (Lipinski definition) is 0. The Bertz CT molecular complexity index is 308. The lowest BCUT2D eigenvalue weighted by atomic mass is 9.78. The highest BCUT2D eigenvalue weighted by atomic mass is 32.1. The molecule has 1 saturated heterocycles. The molecular weight excluding hydrogens is 228 g/mol. The molecule has 0 N–H and O–H groups in total. The van der Waals surface area contributed by atoms with Crippen molar-refractivity contribution >= 4 is 17.1 Å². The minimum atomic E-state index is 0.0230. The summed E-state index contributed by atoms with van der Waals surface area (Å²) in [7, 11) is 0. The summed E-state index contributed by atoms with van der Waals surface area (Å²) in [4.78, 5) is 3.47. The summed E-state index contributed by atoms with van der Waals surface area (Å²) in [6.07, 6.45) is 3.18. The van der Waals surface area contributed by atoms with Crippen molar-refractivity contribution in [3.8, 4) is 6.07 Å². The van der Waals surface area contributed by atoms with Gasteiger partial charge in [0.1, 0.15) is 0 Å². The van der Waals surface area contributed by atoms with E-state index in [9.17, 15) is 5.26 Å². The Morgan fingerprint density at radius 2 is 2.06 bits per heavy atom. The van der Waals surface area contributed by atoms with Crippen LogP contribution in [0.2, 0.25) is 0 Å². The van der Waals surface area contributed by atoms with Crippen LogP contribution in [0.5, 0.6) is 0 Å². The van der Waals surface area contributed by atoms with E-state index in [2.05, 4.69) is 38.7 Å². The van der Waals surface area contributed by atoms with Crippen LogP contribution in [0.15, 0.2) is 0 Å². The first-order chi connectivity index (χ1) is 8.10. The van der Waals surface area contributed by atoms with E-state index in [1.807, 2.05) is 0 Å². The van der Waals surface area contributed by atoms with E-state index in [-0.39, 0.29) is 12.1 Å². The lowest BCUT2D eigenvalue weighted by molar-refractivity contribution is 0.131. The maximum absolute atomic E-state index is 9.23. The molecule has 0 radical (unpaired) electrons.